The molecule has 0 aliphatic heterocycles. The molecule has 0 saturated heterocycles. The van der Waals surface area contributed by atoms with Crippen LogP contribution in [0.2, 0.25) is 0 Å². The van der Waals surface area contributed by atoms with E-state index in [1.807, 2.05) is 0 Å². The standard InChI is InChI=1S/C6H5FN2OS.C5H5FN2S.CH4/c1-11-6-8-2-4(3-10)5(7)9-6;1-9-5-7-3-2-4(6)8-5;/h2-3H,1H3;2-3H,1H3;1H4. The van der Waals surface area contributed by atoms with Gasteiger partial charge < -0.3 is 0 Å². The van der Waals surface area contributed by atoms with Gasteiger partial charge in [-0.25, -0.2) is 9.97 Å². The number of carbonyl (C=O) groups excluding carboxylic acids is 1. The maximum absolute atomic E-state index is 12.6. The summed E-state index contributed by atoms with van der Waals surface area (Å²) in [5, 5.41) is 0.795. The number of aldehydes is 1. The molecule has 114 valence electrons. The third kappa shape index (κ3) is 6.58. The van der Waals surface area contributed by atoms with Gasteiger partial charge in [0.1, 0.15) is 0 Å². The summed E-state index contributed by atoms with van der Waals surface area (Å²) < 4.78 is 24.8. The van der Waals surface area contributed by atoms with Crippen LogP contribution in [0.1, 0.15) is 17.8 Å². The highest BCUT2D eigenvalue weighted by Gasteiger charge is 2.03. The van der Waals surface area contributed by atoms with E-state index < -0.39 is 11.9 Å². The second kappa shape index (κ2) is 10.2. The molecular formula is C12H14F2N4OS2. The first-order valence-corrected chi connectivity index (χ1v) is 7.60. The van der Waals surface area contributed by atoms with E-state index in [2.05, 4.69) is 19.9 Å². The van der Waals surface area contributed by atoms with E-state index in [1.165, 1.54) is 42.0 Å². The molecular weight excluding hydrogens is 318 g/mol. The molecule has 2 heterocycles. The van der Waals surface area contributed by atoms with Gasteiger partial charge in [-0.05, 0) is 12.5 Å². The van der Waals surface area contributed by atoms with Crippen LogP contribution in [0, 0.1) is 11.9 Å². The summed E-state index contributed by atoms with van der Waals surface area (Å²) >= 11 is 2.54. The van der Waals surface area contributed by atoms with E-state index >= 15 is 0 Å². The molecule has 0 bridgehead atoms. The average Bonchev–Trinajstić information content (AvgIpc) is 2.47. The highest BCUT2D eigenvalue weighted by atomic mass is 32.2. The van der Waals surface area contributed by atoms with Gasteiger partial charge in [-0.15, -0.1) is 0 Å². The monoisotopic (exact) mass is 332 g/mol. The Balaban J connectivity index is 0.000000370. The van der Waals surface area contributed by atoms with Crippen LogP contribution < -0.4 is 0 Å². The SMILES string of the molecule is C.CSc1ncc(C=O)c(F)n1.CSc1nccc(F)n1. The Morgan fingerprint density at radius 1 is 1.10 bits per heavy atom. The first-order chi connectivity index (χ1) is 9.60. The number of aromatic nitrogens is 4. The summed E-state index contributed by atoms with van der Waals surface area (Å²) in [7, 11) is 0. The Morgan fingerprint density at radius 3 is 2.14 bits per heavy atom. The van der Waals surface area contributed by atoms with Gasteiger partial charge in [0, 0.05) is 18.5 Å². The van der Waals surface area contributed by atoms with Gasteiger partial charge in [-0.2, -0.15) is 18.7 Å². The van der Waals surface area contributed by atoms with Gasteiger partial charge in [0.05, 0.1) is 5.56 Å². The molecule has 0 N–H and O–H groups in total. The molecule has 0 spiro atoms. The zero-order valence-electron chi connectivity index (χ0n) is 10.6. The van der Waals surface area contributed by atoms with E-state index in [4.69, 9.17) is 0 Å². The van der Waals surface area contributed by atoms with Crippen molar-refractivity contribution in [1.82, 2.24) is 19.9 Å². The molecule has 2 rings (SSSR count). The smallest absolute Gasteiger partial charge is 0.227 e. The average molecular weight is 332 g/mol. The van der Waals surface area contributed by atoms with E-state index in [-0.39, 0.29) is 13.0 Å². The molecule has 0 unspecified atom stereocenters. The minimum absolute atomic E-state index is 0. The van der Waals surface area contributed by atoms with E-state index in [9.17, 15) is 13.6 Å². The van der Waals surface area contributed by atoms with Crippen molar-refractivity contribution in [2.45, 2.75) is 17.7 Å². The first kappa shape index (κ1) is 19.4. The van der Waals surface area contributed by atoms with Crippen molar-refractivity contribution in [1.29, 1.82) is 0 Å². The lowest BCUT2D eigenvalue weighted by Gasteiger charge is -1.94. The number of halogens is 2. The molecule has 0 aromatic carbocycles. The van der Waals surface area contributed by atoms with Gasteiger partial charge in [0.15, 0.2) is 16.6 Å². The van der Waals surface area contributed by atoms with Gasteiger partial charge in [0.2, 0.25) is 11.9 Å². The van der Waals surface area contributed by atoms with Crippen LogP contribution in [0.3, 0.4) is 0 Å². The Hall–Kier alpha value is -1.61. The number of carbonyl (C=O) groups is 1. The lowest BCUT2D eigenvalue weighted by Crippen LogP contribution is -1.95. The second-order valence-corrected chi connectivity index (χ2v) is 4.63. The zero-order valence-corrected chi connectivity index (χ0v) is 12.2. The normalized spacial score (nSPS) is 9.14. The third-order valence-corrected chi connectivity index (χ3v) is 2.96. The van der Waals surface area contributed by atoms with Crippen LogP contribution in [0.4, 0.5) is 8.78 Å². The predicted molar refractivity (Wildman–Crippen MR) is 79.7 cm³/mol. The van der Waals surface area contributed by atoms with Gasteiger partial charge >= 0.3 is 0 Å². The van der Waals surface area contributed by atoms with Crippen molar-refractivity contribution in [2.75, 3.05) is 12.5 Å². The number of rotatable bonds is 3. The highest BCUT2D eigenvalue weighted by Crippen LogP contribution is 2.09. The van der Waals surface area contributed by atoms with E-state index in [0.717, 1.165) is 0 Å². The largest absolute Gasteiger partial charge is 0.298 e. The van der Waals surface area contributed by atoms with Crippen LogP contribution in [0.25, 0.3) is 0 Å². The summed E-state index contributed by atoms with van der Waals surface area (Å²) in [6.45, 7) is 0. The summed E-state index contributed by atoms with van der Waals surface area (Å²) in [6, 6.07) is 1.22. The minimum atomic E-state index is -0.764. The lowest BCUT2D eigenvalue weighted by atomic mass is 10.4. The van der Waals surface area contributed by atoms with Crippen LogP contribution in [0.15, 0.2) is 28.8 Å². The molecule has 2 aromatic heterocycles. The molecule has 0 amide bonds. The maximum atomic E-state index is 12.6. The molecule has 2 aromatic rings. The first-order valence-electron chi connectivity index (χ1n) is 5.15. The van der Waals surface area contributed by atoms with Gasteiger partial charge in [-0.1, -0.05) is 31.0 Å². The Kier molecular flexibility index (Phi) is 9.39. The Morgan fingerprint density at radius 2 is 1.71 bits per heavy atom. The lowest BCUT2D eigenvalue weighted by molar-refractivity contribution is 0.111. The van der Waals surface area contributed by atoms with E-state index in [1.54, 1.807) is 12.5 Å². The number of hydrogen-bond donors (Lipinski definition) is 0. The zero-order chi connectivity index (χ0) is 15.0. The van der Waals surface area contributed by atoms with Gasteiger partial charge in [0.25, 0.3) is 0 Å². The van der Waals surface area contributed by atoms with Crippen LogP contribution in [0.5, 0.6) is 0 Å². The van der Waals surface area contributed by atoms with Crippen molar-refractivity contribution in [3.8, 4) is 0 Å². The molecule has 9 heteroatoms. The second-order valence-electron chi connectivity index (χ2n) is 3.09. The predicted octanol–water partition coefficient (Wildman–Crippen LogP) is 3.12. The molecule has 0 radical (unpaired) electrons. The molecule has 0 saturated carbocycles. The van der Waals surface area contributed by atoms with Crippen molar-refractivity contribution >= 4 is 29.8 Å². The molecule has 21 heavy (non-hydrogen) atoms. The molecule has 5 nitrogen and oxygen atoms in total. The van der Waals surface area contributed by atoms with Crippen LogP contribution >= 0.6 is 23.5 Å². The van der Waals surface area contributed by atoms with Gasteiger partial charge in [-0.3, -0.25) is 4.79 Å². The number of thioether (sulfide) groups is 2. The van der Waals surface area contributed by atoms with Crippen molar-refractivity contribution < 1.29 is 13.6 Å². The van der Waals surface area contributed by atoms with Crippen LogP contribution in [-0.4, -0.2) is 38.7 Å². The summed E-state index contributed by atoms with van der Waals surface area (Å²) in [5.74, 6) is -1.24. The summed E-state index contributed by atoms with van der Waals surface area (Å²) in [6.07, 6.45) is 6.49. The summed E-state index contributed by atoms with van der Waals surface area (Å²) in [5.41, 5.74) is -0.109. The molecule has 0 atom stereocenters. The van der Waals surface area contributed by atoms with Crippen molar-refractivity contribution in [2.24, 2.45) is 0 Å². The van der Waals surface area contributed by atoms with Crippen molar-refractivity contribution in [3.63, 3.8) is 0 Å². The minimum Gasteiger partial charge on any atom is -0.298 e. The fourth-order valence-electron chi connectivity index (χ4n) is 0.951. The summed E-state index contributed by atoms with van der Waals surface area (Å²) in [4.78, 5) is 24.5. The highest BCUT2D eigenvalue weighted by molar-refractivity contribution is 7.98. The Labute approximate surface area is 130 Å². The van der Waals surface area contributed by atoms with Crippen LogP contribution in [-0.2, 0) is 0 Å². The van der Waals surface area contributed by atoms with Crippen molar-refractivity contribution in [3.05, 3.63) is 35.9 Å². The maximum Gasteiger partial charge on any atom is 0.227 e. The Bertz CT molecular complexity index is 587. The molecule has 0 fully saturated rings. The third-order valence-electron chi connectivity index (χ3n) is 1.84. The molecule has 0 aliphatic rings. The number of hydrogen-bond acceptors (Lipinski definition) is 7. The fourth-order valence-corrected chi connectivity index (χ4v) is 1.63. The topological polar surface area (TPSA) is 68.6 Å². The number of nitrogens with zero attached hydrogens (tertiary/aromatic N) is 4. The quantitative estimate of drug-likeness (QED) is 0.370. The fraction of sp³-hybridized carbons (Fsp3) is 0.250. The molecule has 0 aliphatic carbocycles. The van der Waals surface area contributed by atoms with E-state index in [0.29, 0.717) is 16.6 Å².